The van der Waals surface area contributed by atoms with E-state index in [0.717, 1.165) is 12.8 Å². The Morgan fingerprint density at radius 1 is 1.39 bits per heavy atom. The van der Waals surface area contributed by atoms with Gasteiger partial charge in [-0.15, -0.1) is 0 Å². The lowest BCUT2D eigenvalue weighted by Crippen LogP contribution is -2.39. The van der Waals surface area contributed by atoms with Gasteiger partial charge in [0.25, 0.3) is 0 Å². The lowest BCUT2D eigenvalue weighted by atomic mass is 9.76. The Bertz CT molecular complexity index is 349. The summed E-state index contributed by atoms with van der Waals surface area (Å²) in [7, 11) is -0.796. The molecule has 4 heteroatoms. The molecule has 18 heavy (non-hydrogen) atoms. The number of hydrogen-bond acceptors (Lipinski definition) is 3. The second kappa shape index (κ2) is 6.38. The summed E-state index contributed by atoms with van der Waals surface area (Å²) in [5, 5.41) is 3.41. The van der Waals surface area contributed by atoms with E-state index in [4.69, 9.17) is 0 Å². The van der Waals surface area contributed by atoms with Crippen LogP contribution in [0.2, 0.25) is 0 Å². The number of hydrogen-bond donors (Lipinski definition) is 1. The Labute approximate surface area is 113 Å². The van der Waals surface area contributed by atoms with Gasteiger partial charge in [-0.25, -0.2) is 8.42 Å². The molecule has 0 aromatic rings. The predicted molar refractivity (Wildman–Crippen MR) is 77.5 cm³/mol. The molecule has 2 atom stereocenters. The summed E-state index contributed by atoms with van der Waals surface area (Å²) < 4.78 is 23.0. The summed E-state index contributed by atoms with van der Waals surface area (Å²) in [6.45, 7) is 6.42. The van der Waals surface area contributed by atoms with Gasteiger partial charge in [0.05, 0.1) is 5.75 Å². The molecule has 0 amide bonds. The molecule has 0 aromatic heterocycles. The van der Waals surface area contributed by atoms with E-state index >= 15 is 0 Å². The first-order valence-corrected chi connectivity index (χ1v) is 9.02. The molecule has 3 nitrogen and oxygen atoms in total. The minimum atomic E-state index is -2.80. The fourth-order valence-electron chi connectivity index (χ4n) is 3.31. The van der Waals surface area contributed by atoms with Crippen LogP contribution in [0.1, 0.15) is 52.9 Å². The molecule has 0 heterocycles. The van der Waals surface area contributed by atoms with Crippen LogP contribution in [0.3, 0.4) is 0 Å². The highest BCUT2D eigenvalue weighted by molar-refractivity contribution is 7.91. The molecular formula is C14H29NO2S. The third kappa shape index (κ3) is 4.23. The summed E-state index contributed by atoms with van der Waals surface area (Å²) in [6, 6.07) is 0.467. The van der Waals surface area contributed by atoms with E-state index in [-0.39, 0.29) is 5.75 Å². The van der Waals surface area contributed by atoms with E-state index in [1.807, 2.05) is 7.05 Å². The van der Waals surface area contributed by atoms with Crippen LogP contribution < -0.4 is 5.32 Å². The molecule has 1 aliphatic rings. The average Bonchev–Trinajstić information content (AvgIpc) is 2.64. The Hall–Kier alpha value is -0.0900. The molecule has 0 spiro atoms. The maximum absolute atomic E-state index is 11.5. The molecule has 1 aliphatic carbocycles. The molecule has 108 valence electrons. The second-order valence-corrected chi connectivity index (χ2v) is 8.73. The van der Waals surface area contributed by atoms with Crippen molar-refractivity contribution in [2.75, 3.05) is 18.6 Å². The Kier molecular flexibility index (Phi) is 5.66. The van der Waals surface area contributed by atoms with Crippen molar-refractivity contribution in [2.45, 2.75) is 58.9 Å². The zero-order valence-electron chi connectivity index (χ0n) is 12.3. The molecule has 0 aliphatic heterocycles. The maximum atomic E-state index is 11.5. The van der Waals surface area contributed by atoms with Crippen molar-refractivity contribution in [2.24, 2.45) is 11.3 Å². The van der Waals surface area contributed by atoms with Crippen molar-refractivity contribution in [1.29, 1.82) is 0 Å². The highest BCUT2D eigenvalue weighted by Gasteiger charge is 2.38. The van der Waals surface area contributed by atoms with Crippen LogP contribution in [0.15, 0.2) is 0 Å². The molecule has 0 radical (unpaired) electrons. The van der Waals surface area contributed by atoms with Gasteiger partial charge in [-0.05, 0) is 44.1 Å². The normalized spacial score (nSPS) is 25.2. The van der Waals surface area contributed by atoms with E-state index in [1.54, 1.807) is 6.92 Å². The Balaban J connectivity index is 2.48. The highest BCUT2D eigenvalue weighted by atomic mass is 32.2. The molecule has 1 saturated carbocycles. The van der Waals surface area contributed by atoms with Crippen molar-refractivity contribution >= 4 is 9.84 Å². The summed E-state index contributed by atoms with van der Waals surface area (Å²) in [5.41, 5.74) is 0.400. The number of rotatable bonds is 7. The average molecular weight is 275 g/mol. The van der Waals surface area contributed by atoms with E-state index in [0.29, 0.717) is 23.1 Å². The number of nitrogens with one attached hydrogen (secondary N) is 1. The monoisotopic (exact) mass is 275 g/mol. The highest BCUT2D eigenvalue weighted by Crippen LogP contribution is 2.45. The van der Waals surface area contributed by atoms with Crippen molar-refractivity contribution < 1.29 is 8.42 Å². The lowest BCUT2D eigenvalue weighted by molar-refractivity contribution is 0.195. The molecule has 2 unspecified atom stereocenters. The SMILES string of the molecule is CCS(=O)(=O)CCCC(NC)C1CCCC1(C)C. The standard InChI is InChI=1S/C14H29NO2S/c1-5-18(16,17)11-7-9-13(15-4)12-8-6-10-14(12,2)3/h12-13,15H,5-11H2,1-4H3. The molecule has 0 saturated heterocycles. The van der Waals surface area contributed by atoms with Gasteiger partial charge in [-0.1, -0.05) is 27.2 Å². The van der Waals surface area contributed by atoms with Crippen LogP contribution >= 0.6 is 0 Å². The van der Waals surface area contributed by atoms with Gasteiger partial charge in [0.1, 0.15) is 9.84 Å². The third-order valence-corrected chi connectivity index (χ3v) is 6.40. The van der Waals surface area contributed by atoms with Gasteiger partial charge >= 0.3 is 0 Å². The van der Waals surface area contributed by atoms with Crippen molar-refractivity contribution in [3.8, 4) is 0 Å². The van der Waals surface area contributed by atoms with Crippen LogP contribution in [-0.2, 0) is 9.84 Å². The maximum Gasteiger partial charge on any atom is 0.150 e. The first kappa shape index (κ1) is 16.0. The van der Waals surface area contributed by atoms with Gasteiger partial charge in [0, 0.05) is 11.8 Å². The van der Waals surface area contributed by atoms with Gasteiger partial charge in [0.2, 0.25) is 0 Å². The van der Waals surface area contributed by atoms with Crippen LogP contribution in [0.4, 0.5) is 0 Å². The van der Waals surface area contributed by atoms with Crippen LogP contribution in [0, 0.1) is 11.3 Å². The van der Waals surface area contributed by atoms with E-state index in [1.165, 1.54) is 19.3 Å². The summed E-state index contributed by atoms with van der Waals surface area (Å²) >= 11 is 0. The molecule has 1 N–H and O–H groups in total. The molecule has 0 aromatic carbocycles. The number of sulfone groups is 1. The predicted octanol–water partition coefficient (Wildman–Crippen LogP) is 2.62. The van der Waals surface area contributed by atoms with Gasteiger partial charge in [0.15, 0.2) is 0 Å². The zero-order chi connectivity index (χ0) is 13.8. The largest absolute Gasteiger partial charge is 0.317 e. The molecular weight excluding hydrogens is 246 g/mol. The lowest BCUT2D eigenvalue weighted by Gasteiger charge is -2.34. The first-order valence-electron chi connectivity index (χ1n) is 7.20. The fourth-order valence-corrected chi connectivity index (χ4v) is 4.21. The summed E-state index contributed by atoms with van der Waals surface area (Å²) in [4.78, 5) is 0. The topological polar surface area (TPSA) is 46.2 Å². The third-order valence-electron chi connectivity index (χ3n) is 4.61. The Morgan fingerprint density at radius 2 is 2.06 bits per heavy atom. The second-order valence-electron chi connectivity index (χ2n) is 6.26. The van der Waals surface area contributed by atoms with E-state index in [9.17, 15) is 8.42 Å². The van der Waals surface area contributed by atoms with Crippen molar-refractivity contribution in [3.63, 3.8) is 0 Å². The molecule has 0 bridgehead atoms. The van der Waals surface area contributed by atoms with Gasteiger partial charge in [-0.3, -0.25) is 0 Å². The minimum absolute atomic E-state index is 0.270. The van der Waals surface area contributed by atoms with Crippen LogP contribution in [-0.4, -0.2) is 33.0 Å². The van der Waals surface area contributed by atoms with Crippen molar-refractivity contribution in [3.05, 3.63) is 0 Å². The molecule has 1 fully saturated rings. The van der Waals surface area contributed by atoms with E-state index in [2.05, 4.69) is 19.2 Å². The molecule has 1 rings (SSSR count). The quantitative estimate of drug-likeness (QED) is 0.777. The minimum Gasteiger partial charge on any atom is -0.317 e. The van der Waals surface area contributed by atoms with Crippen molar-refractivity contribution in [1.82, 2.24) is 5.32 Å². The van der Waals surface area contributed by atoms with Gasteiger partial charge < -0.3 is 5.32 Å². The summed E-state index contributed by atoms with van der Waals surface area (Å²) in [6.07, 6.45) is 5.64. The first-order chi connectivity index (χ1) is 8.32. The smallest absolute Gasteiger partial charge is 0.150 e. The van der Waals surface area contributed by atoms with Gasteiger partial charge in [-0.2, -0.15) is 0 Å². The van der Waals surface area contributed by atoms with Crippen LogP contribution in [0.25, 0.3) is 0 Å². The zero-order valence-corrected chi connectivity index (χ0v) is 13.1. The van der Waals surface area contributed by atoms with Crippen LogP contribution in [0.5, 0.6) is 0 Å². The fraction of sp³-hybridized carbons (Fsp3) is 1.00. The Morgan fingerprint density at radius 3 is 2.50 bits per heavy atom. The van der Waals surface area contributed by atoms with E-state index < -0.39 is 9.84 Å². The summed E-state index contributed by atoms with van der Waals surface area (Å²) in [5.74, 6) is 1.30.